The first-order chi connectivity index (χ1) is 6.91. The van der Waals surface area contributed by atoms with Crippen molar-refractivity contribution in [1.82, 2.24) is 9.55 Å². The van der Waals surface area contributed by atoms with E-state index in [4.69, 9.17) is 0 Å². The molecule has 3 nitrogen and oxygen atoms in total. The molecule has 2 heterocycles. The Balaban J connectivity index is 2.70. The lowest BCUT2D eigenvalue weighted by Crippen LogP contribution is -2.25. The molecule has 0 aliphatic carbocycles. The minimum Gasteiger partial charge on any atom is -0.286 e. The molecule has 1 aliphatic heterocycles. The summed E-state index contributed by atoms with van der Waals surface area (Å²) in [5.74, 6) is 0.579. The van der Waals surface area contributed by atoms with Crippen LogP contribution in [-0.2, 0) is 12.7 Å². The summed E-state index contributed by atoms with van der Waals surface area (Å²) >= 11 is 3.80. The Morgan fingerprint density at radius 2 is 2.13 bits per heavy atom. The zero-order chi connectivity index (χ0) is 11.2. The van der Waals surface area contributed by atoms with Gasteiger partial charge in [-0.3, -0.25) is 9.36 Å². The summed E-state index contributed by atoms with van der Waals surface area (Å²) in [5, 5.41) is 0.135. The molecule has 82 valence electrons. The molecule has 0 saturated heterocycles. The molecule has 2 rings (SSSR count). The SMILES string of the molecule is O=c1c(Br)c(C(F)(F)F)nc2n1CCS2. The summed E-state index contributed by atoms with van der Waals surface area (Å²) in [6, 6.07) is 0. The van der Waals surface area contributed by atoms with Gasteiger partial charge in [0.15, 0.2) is 10.9 Å². The van der Waals surface area contributed by atoms with E-state index in [1.54, 1.807) is 0 Å². The highest BCUT2D eigenvalue weighted by Crippen LogP contribution is 2.34. The Kier molecular flexibility index (Phi) is 2.58. The average Bonchev–Trinajstić information content (AvgIpc) is 2.57. The molecule has 0 radical (unpaired) electrons. The van der Waals surface area contributed by atoms with Crippen LogP contribution in [0.15, 0.2) is 14.4 Å². The number of thioether (sulfide) groups is 1. The molecule has 0 fully saturated rings. The number of fused-ring (bicyclic) bond motifs is 1. The Morgan fingerprint density at radius 1 is 1.47 bits per heavy atom. The fourth-order valence-electron chi connectivity index (χ4n) is 1.24. The second kappa shape index (κ2) is 3.51. The average molecular weight is 301 g/mol. The highest BCUT2D eigenvalue weighted by atomic mass is 79.9. The molecule has 1 aromatic heterocycles. The lowest BCUT2D eigenvalue weighted by Gasteiger charge is -2.09. The van der Waals surface area contributed by atoms with Crippen LogP contribution in [0.1, 0.15) is 5.69 Å². The van der Waals surface area contributed by atoms with E-state index < -0.39 is 21.9 Å². The number of nitrogens with zero attached hydrogens (tertiary/aromatic N) is 2. The summed E-state index contributed by atoms with van der Waals surface area (Å²) in [7, 11) is 0. The van der Waals surface area contributed by atoms with Crippen molar-refractivity contribution in [3.8, 4) is 0 Å². The third kappa shape index (κ3) is 1.80. The molecule has 0 aromatic carbocycles. The van der Waals surface area contributed by atoms with Crippen molar-refractivity contribution in [2.24, 2.45) is 0 Å². The zero-order valence-corrected chi connectivity index (χ0v) is 9.54. The maximum atomic E-state index is 12.4. The predicted molar refractivity (Wildman–Crippen MR) is 51.9 cm³/mol. The topological polar surface area (TPSA) is 34.9 Å². The molecule has 0 spiro atoms. The molecule has 0 saturated carbocycles. The van der Waals surface area contributed by atoms with E-state index in [-0.39, 0.29) is 5.16 Å². The van der Waals surface area contributed by atoms with Crippen LogP contribution in [-0.4, -0.2) is 15.3 Å². The number of alkyl halides is 3. The van der Waals surface area contributed by atoms with Crippen molar-refractivity contribution >= 4 is 27.7 Å². The number of rotatable bonds is 0. The lowest BCUT2D eigenvalue weighted by molar-refractivity contribution is -0.142. The van der Waals surface area contributed by atoms with Crippen molar-refractivity contribution in [2.75, 3.05) is 5.75 Å². The predicted octanol–water partition coefficient (Wildman–Crippen LogP) is 2.13. The minimum absolute atomic E-state index is 0.135. The van der Waals surface area contributed by atoms with E-state index in [1.807, 2.05) is 0 Å². The summed E-state index contributed by atoms with van der Waals surface area (Å²) in [6.45, 7) is 0.405. The third-order valence-corrected chi connectivity index (χ3v) is 3.57. The van der Waals surface area contributed by atoms with E-state index in [1.165, 1.54) is 4.57 Å². The molecule has 8 heteroatoms. The summed E-state index contributed by atoms with van der Waals surface area (Å²) in [6.07, 6.45) is -4.60. The van der Waals surface area contributed by atoms with Gasteiger partial charge in [-0.15, -0.1) is 0 Å². The summed E-state index contributed by atoms with van der Waals surface area (Å²) in [5.41, 5.74) is -1.81. The minimum atomic E-state index is -4.60. The van der Waals surface area contributed by atoms with Gasteiger partial charge >= 0.3 is 6.18 Å². The van der Waals surface area contributed by atoms with Crippen LogP contribution in [0.5, 0.6) is 0 Å². The van der Waals surface area contributed by atoms with Crippen molar-refractivity contribution < 1.29 is 13.2 Å². The van der Waals surface area contributed by atoms with E-state index in [2.05, 4.69) is 20.9 Å². The second-order valence-electron chi connectivity index (χ2n) is 2.86. The number of hydrogen-bond acceptors (Lipinski definition) is 3. The largest absolute Gasteiger partial charge is 0.434 e. The number of hydrogen-bond donors (Lipinski definition) is 0. The first-order valence-electron chi connectivity index (χ1n) is 3.91. The van der Waals surface area contributed by atoms with Crippen LogP contribution in [0, 0.1) is 0 Å². The molecule has 0 amide bonds. The van der Waals surface area contributed by atoms with Gasteiger partial charge in [-0.2, -0.15) is 13.2 Å². The summed E-state index contributed by atoms with van der Waals surface area (Å²) in [4.78, 5) is 14.9. The quantitative estimate of drug-likeness (QED) is 0.689. The van der Waals surface area contributed by atoms with Gasteiger partial charge in [-0.05, 0) is 15.9 Å². The number of aromatic nitrogens is 2. The van der Waals surface area contributed by atoms with Crippen LogP contribution >= 0.6 is 27.7 Å². The van der Waals surface area contributed by atoms with E-state index in [0.717, 1.165) is 11.8 Å². The van der Waals surface area contributed by atoms with Gasteiger partial charge in [0, 0.05) is 12.3 Å². The van der Waals surface area contributed by atoms with Crippen molar-refractivity contribution in [3.05, 3.63) is 20.5 Å². The molecule has 0 unspecified atom stereocenters. The first kappa shape index (κ1) is 11.0. The number of halogens is 4. The smallest absolute Gasteiger partial charge is 0.286 e. The standard InChI is InChI=1S/C7H4BrF3N2OS/c8-3-4(7(9,10)11)12-6-13(5(3)14)1-2-15-6/h1-2H2. The van der Waals surface area contributed by atoms with Crippen LogP contribution in [0.2, 0.25) is 0 Å². The Labute approximate surface area is 94.8 Å². The van der Waals surface area contributed by atoms with Crippen LogP contribution in [0.25, 0.3) is 0 Å². The van der Waals surface area contributed by atoms with Gasteiger partial charge < -0.3 is 0 Å². The molecular weight excluding hydrogens is 297 g/mol. The van der Waals surface area contributed by atoms with Crippen molar-refractivity contribution in [2.45, 2.75) is 17.9 Å². The second-order valence-corrected chi connectivity index (χ2v) is 4.72. The van der Waals surface area contributed by atoms with Gasteiger partial charge in [-0.25, -0.2) is 4.98 Å². The normalized spacial score (nSPS) is 15.5. The van der Waals surface area contributed by atoms with E-state index in [9.17, 15) is 18.0 Å². The highest BCUT2D eigenvalue weighted by Gasteiger charge is 2.38. The molecule has 0 atom stereocenters. The van der Waals surface area contributed by atoms with E-state index >= 15 is 0 Å². The van der Waals surface area contributed by atoms with Gasteiger partial charge in [-0.1, -0.05) is 11.8 Å². The van der Waals surface area contributed by atoms with Crippen LogP contribution in [0.4, 0.5) is 13.2 Å². The molecule has 15 heavy (non-hydrogen) atoms. The molecule has 1 aromatic rings. The lowest BCUT2D eigenvalue weighted by atomic mass is 10.4. The van der Waals surface area contributed by atoms with Crippen molar-refractivity contribution in [1.29, 1.82) is 0 Å². The van der Waals surface area contributed by atoms with E-state index in [0.29, 0.717) is 12.3 Å². The van der Waals surface area contributed by atoms with Crippen molar-refractivity contribution in [3.63, 3.8) is 0 Å². The maximum absolute atomic E-state index is 12.4. The Morgan fingerprint density at radius 3 is 2.73 bits per heavy atom. The van der Waals surface area contributed by atoms with Crippen LogP contribution in [0.3, 0.4) is 0 Å². The fourth-order valence-corrected chi connectivity index (χ4v) is 2.70. The molecule has 0 N–H and O–H groups in total. The Hall–Kier alpha value is -0.500. The Bertz CT molecular complexity index is 471. The first-order valence-corrected chi connectivity index (χ1v) is 5.69. The van der Waals surface area contributed by atoms with Gasteiger partial charge in [0.2, 0.25) is 0 Å². The van der Waals surface area contributed by atoms with Crippen LogP contribution < -0.4 is 5.56 Å². The monoisotopic (exact) mass is 300 g/mol. The maximum Gasteiger partial charge on any atom is 0.434 e. The fraction of sp³-hybridized carbons (Fsp3) is 0.429. The molecular formula is C7H4BrF3N2OS. The summed E-state index contributed by atoms with van der Waals surface area (Å²) < 4.78 is 38.1. The third-order valence-electron chi connectivity index (χ3n) is 1.89. The van der Waals surface area contributed by atoms with Gasteiger partial charge in [0.25, 0.3) is 5.56 Å². The zero-order valence-electron chi connectivity index (χ0n) is 7.14. The van der Waals surface area contributed by atoms with Gasteiger partial charge in [0.05, 0.1) is 0 Å². The molecule has 0 bridgehead atoms. The highest BCUT2D eigenvalue weighted by molar-refractivity contribution is 9.10. The molecule has 1 aliphatic rings. The van der Waals surface area contributed by atoms with Gasteiger partial charge in [0.1, 0.15) is 4.47 Å².